The number of nitrogens with zero attached hydrogens (tertiary/aromatic N) is 2. The Balaban J connectivity index is 1.84. The first kappa shape index (κ1) is 19.8. The lowest BCUT2D eigenvalue weighted by atomic mass is 9.87. The Morgan fingerprint density at radius 3 is 2.17 bits per heavy atom. The van der Waals surface area contributed by atoms with Crippen molar-refractivity contribution < 1.29 is 19.0 Å². The maximum atomic E-state index is 12.6. The van der Waals surface area contributed by atoms with Crippen LogP contribution >= 0.6 is 0 Å². The third-order valence-corrected chi connectivity index (χ3v) is 5.36. The number of methoxy groups -OCH3 is 3. The number of hydrogen-bond donors (Lipinski definition) is 1. The molecule has 0 radical (unpaired) electrons. The Labute approximate surface area is 175 Å². The molecule has 0 bridgehead atoms. The summed E-state index contributed by atoms with van der Waals surface area (Å²) in [5.41, 5.74) is 5.04. The molecule has 1 atom stereocenters. The number of aromatic nitrogens is 2. The number of anilines is 1. The van der Waals surface area contributed by atoms with E-state index in [1.54, 1.807) is 26.0 Å². The second kappa shape index (κ2) is 7.74. The van der Waals surface area contributed by atoms with Gasteiger partial charge in [-0.15, -0.1) is 0 Å². The Bertz CT molecular complexity index is 1070. The molecule has 7 nitrogen and oxygen atoms in total. The van der Waals surface area contributed by atoms with Crippen LogP contribution in [-0.4, -0.2) is 37.0 Å². The van der Waals surface area contributed by atoms with Gasteiger partial charge in [0.15, 0.2) is 11.5 Å². The number of carbonyl (C=O) groups excluding carboxylic acids is 1. The van der Waals surface area contributed by atoms with E-state index in [0.29, 0.717) is 29.5 Å². The highest BCUT2D eigenvalue weighted by atomic mass is 16.5. The zero-order chi connectivity index (χ0) is 21.4. The molecule has 1 unspecified atom stereocenters. The normalized spacial score (nSPS) is 15.4. The molecular weight excluding hydrogens is 382 g/mol. The van der Waals surface area contributed by atoms with Gasteiger partial charge in [0.25, 0.3) is 0 Å². The molecule has 3 aromatic rings. The zero-order valence-electron chi connectivity index (χ0n) is 17.8. The van der Waals surface area contributed by atoms with Crippen molar-refractivity contribution >= 4 is 11.7 Å². The van der Waals surface area contributed by atoms with Crippen LogP contribution in [0.15, 0.2) is 36.5 Å². The molecule has 1 aromatic heterocycles. The first-order valence-corrected chi connectivity index (χ1v) is 9.71. The Kier molecular flexibility index (Phi) is 5.11. The molecule has 4 rings (SSSR count). The van der Waals surface area contributed by atoms with E-state index in [9.17, 15) is 4.79 Å². The highest BCUT2D eigenvalue weighted by molar-refractivity contribution is 5.94. The molecule has 1 amide bonds. The van der Waals surface area contributed by atoms with Crippen molar-refractivity contribution in [2.45, 2.75) is 26.2 Å². The average molecular weight is 407 g/mol. The number of rotatable bonds is 5. The summed E-state index contributed by atoms with van der Waals surface area (Å²) in [7, 11) is 4.73. The van der Waals surface area contributed by atoms with Gasteiger partial charge in [0.05, 0.1) is 33.2 Å². The number of hydrogen-bond acceptors (Lipinski definition) is 5. The number of carbonyl (C=O) groups is 1. The minimum atomic E-state index is -0.179. The van der Waals surface area contributed by atoms with Crippen molar-refractivity contribution in [2.75, 3.05) is 26.6 Å². The smallest absolute Gasteiger partial charge is 0.226 e. The summed E-state index contributed by atoms with van der Waals surface area (Å²) in [5.74, 6) is 2.09. The van der Waals surface area contributed by atoms with Gasteiger partial charge in [0, 0.05) is 17.9 Å². The van der Waals surface area contributed by atoms with Crippen molar-refractivity contribution in [3.63, 3.8) is 0 Å². The molecule has 1 N–H and O–H groups in total. The summed E-state index contributed by atoms with van der Waals surface area (Å²) in [6.07, 6.45) is 2.13. The van der Waals surface area contributed by atoms with Gasteiger partial charge in [0.2, 0.25) is 11.7 Å². The van der Waals surface area contributed by atoms with Crippen LogP contribution in [0.4, 0.5) is 5.82 Å². The first-order valence-electron chi connectivity index (χ1n) is 9.71. The van der Waals surface area contributed by atoms with E-state index in [1.807, 2.05) is 32.2 Å². The maximum Gasteiger partial charge on any atom is 0.226 e. The average Bonchev–Trinajstić information content (AvgIpc) is 3.15. The van der Waals surface area contributed by atoms with E-state index in [-0.39, 0.29) is 11.8 Å². The summed E-state index contributed by atoms with van der Waals surface area (Å²) in [6, 6.07) is 9.99. The summed E-state index contributed by atoms with van der Waals surface area (Å²) in [4.78, 5) is 12.6. The van der Waals surface area contributed by atoms with Crippen LogP contribution in [0.3, 0.4) is 0 Å². The van der Waals surface area contributed by atoms with Crippen LogP contribution in [0, 0.1) is 13.8 Å². The predicted octanol–water partition coefficient (Wildman–Crippen LogP) is 3.99. The minimum Gasteiger partial charge on any atom is -0.493 e. The van der Waals surface area contributed by atoms with Crippen LogP contribution in [-0.2, 0) is 4.79 Å². The molecule has 0 spiro atoms. The van der Waals surface area contributed by atoms with Gasteiger partial charge >= 0.3 is 0 Å². The summed E-state index contributed by atoms with van der Waals surface area (Å²) < 4.78 is 18.2. The molecule has 1 aliphatic rings. The van der Waals surface area contributed by atoms with E-state index >= 15 is 0 Å². The monoisotopic (exact) mass is 407 g/mol. The molecule has 0 aliphatic carbocycles. The van der Waals surface area contributed by atoms with Gasteiger partial charge in [-0.3, -0.25) is 4.79 Å². The van der Waals surface area contributed by atoms with E-state index in [0.717, 1.165) is 27.9 Å². The molecule has 156 valence electrons. The Morgan fingerprint density at radius 2 is 1.60 bits per heavy atom. The van der Waals surface area contributed by atoms with Gasteiger partial charge in [-0.25, -0.2) is 4.68 Å². The van der Waals surface area contributed by atoms with Crippen LogP contribution in [0.2, 0.25) is 0 Å². The number of ether oxygens (including phenoxy) is 3. The molecular formula is C23H25N3O4. The number of benzene rings is 2. The molecule has 0 saturated carbocycles. The molecule has 2 heterocycles. The highest BCUT2D eigenvalue weighted by Crippen LogP contribution is 2.44. The van der Waals surface area contributed by atoms with E-state index < -0.39 is 0 Å². The van der Waals surface area contributed by atoms with Gasteiger partial charge in [-0.2, -0.15) is 5.10 Å². The van der Waals surface area contributed by atoms with Crippen molar-refractivity contribution in [1.82, 2.24) is 9.78 Å². The Hall–Kier alpha value is -3.48. The largest absolute Gasteiger partial charge is 0.493 e. The predicted molar refractivity (Wildman–Crippen MR) is 114 cm³/mol. The second-order valence-corrected chi connectivity index (χ2v) is 7.47. The topological polar surface area (TPSA) is 74.6 Å². The number of nitrogens with one attached hydrogen (secondary N) is 1. The van der Waals surface area contributed by atoms with Crippen LogP contribution < -0.4 is 19.5 Å². The first-order chi connectivity index (χ1) is 14.4. The van der Waals surface area contributed by atoms with E-state index in [2.05, 4.69) is 28.6 Å². The minimum absolute atomic E-state index is 0.0626. The van der Waals surface area contributed by atoms with Crippen molar-refractivity contribution in [2.24, 2.45) is 0 Å². The molecule has 2 aromatic carbocycles. The summed E-state index contributed by atoms with van der Waals surface area (Å²) >= 11 is 0. The van der Waals surface area contributed by atoms with Gasteiger partial charge in [-0.05, 0) is 54.8 Å². The van der Waals surface area contributed by atoms with Gasteiger partial charge < -0.3 is 19.5 Å². The molecule has 0 saturated heterocycles. The standard InChI is InChI=1S/C23H25N3O4/c1-13-6-14(2)8-16(7-13)26-23-18(12-24-26)17(11-21(27)25-23)15-9-19(28-3)22(30-5)20(10-15)29-4/h6-10,12,17H,11H2,1-5H3,(H,25,27). The number of amides is 1. The lowest BCUT2D eigenvalue weighted by molar-refractivity contribution is -0.116. The third-order valence-electron chi connectivity index (χ3n) is 5.36. The summed E-state index contributed by atoms with van der Waals surface area (Å²) in [6.45, 7) is 4.09. The summed E-state index contributed by atoms with van der Waals surface area (Å²) in [5, 5.41) is 7.59. The van der Waals surface area contributed by atoms with Crippen LogP contribution in [0.25, 0.3) is 5.69 Å². The molecule has 1 aliphatic heterocycles. The molecule has 0 fully saturated rings. The lowest BCUT2D eigenvalue weighted by Crippen LogP contribution is -2.24. The van der Waals surface area contributed by atoms with Crippen molar-refractivity contribution in [3.05, 3.63) is 58.8 Å². The number of aryl methyl sites for hydroxylation is 2. The number of fused-ring (bicyclic) bond motifs is 1. The Morgan fingerprint density at radius 1 is 0.967 bits per heavy atom. The maximum absolute atomic E-state index is 12.6. The van der Waals surface area contributed by atoms with Gasteiger partial charge in [-0.1, -0.05) is 6.07 Å². The third kappa shape index (κ3) is 3.36. The fourth-order valence-electron chi connectivity index (χ4n) is 4.09. The van der Waals surface area contributed by atoms with Crippen LogP contribution in [0.5, 0.6) is 17.2 Å². The fourth-order valence-corrected chi connectivity index (χ4v) is 4.09. The van der Waals surface area contributed by atoms with E-state index in [1.165, 1.54) is 0 Å². The van der Waals surface area contributed by atoms with Crippen molar-refractivity contribution in [1.29, 1.82) is 0 Å². The lowest BCUT2D eigenvalue weighted by Gasteiger charge is -2.25. The molecule has 7 heteroatoms. The van der Waals surface area contributed by atoms with Crippen LogP contribution in [0.1, 0.15) is 34.6 Å². The van der Waals surface area contributed by atoms with Gasteiger partial charge in [0.1, 0.15) is 5.82 Å². The SMILES string of the molecule is COc1cc(C2CC(=O)Nc3c2cnn3-c2cc(C)cc(C)c2)cc(OC)c1OC. The molecule has 30 heavy (non-hydrogen) atoms. The highest BCUT2D eigenvalue weighted by Gasteiger charge is 2.32. The quantitative estimate of drug-likeness (QED) is 0.692. The fraction of sp³-hybridized carbons (Fsp3) is 0.304. The second-order valence-electron chi connectivity index (χ2n) is 7.47. The van der Waals surface area contributed by atoms with E-state index in [4.69, 9.17) is 14.2 Å². The zero-order valence-corrected chi connectivity index (χ0v) is 17.8. The van der Waals surface area contributed by atoms with Crippen molar-refractivity contribution in [3.8, 4) is 22.9 Å².